The molecule has 0 saturated heterocycles. The van der Waals surface area contributed by atoms with Gasteiger partial charge < -0.3 is 14.6 Å². The molecule has 0 aliphatic heterocycles. The van der Waals surface area contributed by atoms with Crippen LogP contribution >= 0.6 is 0 Å². The van der Waals surface area contributed by atoms with Crippen molar-refractivity contribution in [3.8, 4) is 0 Å². The van der Waals surface area contributed by atoms with E-state index in [1.807, 2.05) is 43.3 Å². The number of pyridine rings is 2. The van der Waals surface area contributed by atoms with Gasteiger partial charge in [-0.3, -0.25) is 19.4 Å². The number of nitrogens with zero attached hydrogens (tertiary/aromatic N) is 3. The van der Waals surface area contributed by atoms with Crippen molar-refractivity contribution in [1.82, 2.24) is 19.3 Å². The van der Waals surface area contributed by atoms with Crippen LogP contribution < -0.4 is 16.4 Å². The highest BCUT2D eigenvalue weighted by molar-refractivity contribution is 5.96. The van der Waals surface area contributed by atoms with E-state index >= 15 is 0 Å². The highest BCUT2D eigenvalue weighted by Gasteiger charge is 2.17. The molecule has 0 unspecified atom stereocenters. The molecule has 2 N–H and O–H groups in total. The zero-order chi connectivity index (χ0) is 23.4. The van der Waals surface area contributed by atoms with Crippen molar-refractivity contribution in [1.29, 1.82) is 5.41 Å². The maximum atomic E-state index is 13.3. The average molecular weight is 446 g/mol. The number of carbonyl (C=O) groups excluding carboxylic acids is 1. The molecule has 0 bridgehead atoms. The summed E-state index contributed by atoms with van der Waals surface area (Å²) in [5.41, 5.74) is 2.84. The first-order valence-corrected chi connectivity index (χ1v) is 10.9. The van der Waals surface area contributed by atoms with Gasteiger partial charge >= 0.3 is 0 Å². The Bertz CT molecular complexity index is 1420. The fraction of sp³-hybridized carbons (Fsp3) is 0.280. The zero-order valence-electron chi connectivity index (χ0n) is 18.8. The number of nitrogens with one attached hydrogen (secondary N) is 2. The molecular formula is C25H27N5O3. The Hall–Kier alpha value is -3.78. The number of benzene rings is 1. The highest BCUT2D eigenvalue weighted by Crippen LogP contribution is 2.12. The van der Waals surface area contributed by atoms with E-state index < -0.39 is 0 Å². The van der Waals surface area contributed by atoms with Gasteiger partial charge in [0.15, 0.2) is 0 Å². The summed E-state index contributed by atoms with van der Waals surface area (Å²) in [5, 5.41) is 11.9. The third-order valence-corrected chi connectivity index (χ3v) is 5.57. The van der Waals surface area contributed by atoms with Crippen LogP contribution in [0.1, 0.15) is 27.9 Å². The molecule has 0 atom stereocenters. The fourth-order valence-corrected chi connectivity index (χ4v) is 3.86. The molecule has 170 valence electrons. The molecule has 3 aromatic heterocycles. The van der Waals surface area contributed by atoms with E-state index in [1.54, 1.807) is 23.9 Å². The molecule has 8 nitrogen and oxygen atoms in total. The van der Waals surface area contributed by atoms with E-state index in [4.69, 9.17) is 10.1 Å². The van der Waals surface area contributed by atoms with E-state index in [-0.39, 0.29) is 22.5 Å². The van der Waals surface area contributed by atoms with E-state index in [1.165, 1.54) is 10.5 Å². The number of hydrogen-bond donors (Lipinski definition) is 2. The predicted octanol–water partition coefficient (Wildman–Crippen LogP) is 2.45. The van der Waals surface area contributed by atoms with Crippen LogP contribution in [0.2, 0.25) is 0 Å². The molecule has 3 heterocycles. The van der Waals surface area contributed by atoms with Gasteiger partial charge in [-0.05, 0) is 43.0 Å². The summed E-state index contributed by atoms with van der Waals surface area (Å²) in [6.45, 7) is 3.23. The third kappa shape index (κ3) is 4.70. The van der Waals surface area contributed by atoms with Gasteiger partial charge in [-0.1, -0.05) is 36.4 Å². The van der Waals surface area contributed by atoms with Crippen molar-refractivity contribution in [3.63, 3.8) is 0 Å². The molecule has 0 fully saturated rings. The first-order valence-electron chi connectivity index (χ1n) is 10.9. The van der Waals surface area contributed by atoms with E-state index in [2.05, 4.69) is 10.3 Å². The molecular weight excluding hydrogens is 418 g/mol. The van der Waals surface area contributed by atoms with Crippen molar-refractivity contribution in [3.05, 3.63) is 87.3 Å². The van der Waals surface area contributed by atoms with Crippen LogP contribution in [-0.2, 0) is 17.7 Å². The van der Waals surface area contributed by atoms with Crippen molar-refractivity contribution in [2.24, 2.45) is 0 Å². The van der Waals surface area contributed by atoms with Crippen molar-refractivity contribution >= 4 is 22.6 Å². The fourth-order valence-electron chi connectivity index (χ4n) is 3.86. The van der Waals surface area contributed by atoms with Crippen LogP contribution in [0.4, 0.5) is 0 Å². The molecule has 0 aliphatic carbocycles. The van der Waals surface area contributed by atoms with Gasteiger partial charge in [0.05, 0.1) is 10.9 Å². The largest absolute Gasteiger partial charge is 0.385 e. The number of methoxy groups -OCH3 is 1. The van der Waals surface area contributed by atoms with Gasteiger partial charge in [0.1, 0.15) is 16.8 Å². The van der Waals surface area contributed by atoms with Gasteiger partial charge in [-0.2, -0.15) is 0 Å². The number of ether oxygens (including phenoxy) is 1. The number of carbonyl (C=O) groups is 1. The number of aromatic nitrogens is 3. The number of hydrogen-bond acceptors (Lipinski definition) is 5. The molecule has 0 saturated carbocycles. The zero-order valence-corrected chi connectivity index (χ0v) is 18.8. The number of aryl methyl sites for hydroxylation is 2. The molecule has 33 heavy (non-hydrogen) atoms. The lowest BCUT2D eigenvalue weighted by Gasteiger charge is -2.15. The smallest absolute Gasteiger partial charge is 0.267 e. The maximum Gasteiger partial charge on any atom is 0.267 e. The number of fused-ring (bicyclic) bond motifs is 2. The monoisotopic (exact) mass is 445 g/mol. The van der Waals surface area contributed by atoms with E-state index in [9.17, 15) is 9.59 Å². The van der Waals surface area contributed by atoms with Crippen LogP contribution in [0.25, 0.3) is 16.7 Å². The molecule has 0 spiro atoms. The van der Waals surface area contributed by atoms with Gasteiger partial charge in [0.2, 0.25) is 0 Å². The standard InChI is InChI=1S/C25H27N5O3/c1-17-9-10-21-28-23-20(25(32)30(21)16-17)15-19(22(26)29(23)13-6-14-33-2)24(31)27-12-11-18-7-4-3-5-8-18/h3-5,7-10,15-16,26H,6,11-14H2,1-2H3,(H,27,31). The molecule has 8 heteroatoms. The summed E-state index contributed by atoms with van der Waals surface area (Å²) in [5.74, 6) is -0.382. The van der Waals surface area contributed by atoms with Crippen LogP contribution in [-0.4, -0.2) is 40.1 Å². The lowest BCUT2D eigenvalue weighted by atomic mass is 10.1. The quantitative estimate of drug-likeness (QED) is 0.321. The SMILES string of the molecule is COCCCn1c(=N)c(C(=O)NCCc2ccccc2)cc2c(=O)n3cc(C)ccc3nc21. The Morgan fingerprint density at radius 2 is 1.97 bits per heavy atom. The second-order valence-electron chi connectivity index (χ2n) is 7.98. The second kappa shape index (κ2) is 9.79. The minimum atomic E-state index is -0.382. The van der Waals surface area contributed by atoms with E-state index in [0.29, 0.717) is 49.2 Å². The normalized spacial score (nSPS) is 11.2. The average Bonchev–Trinajstić information content (AvgIpc) is 2.82. The Balaban J connectivity index is 1.76. The molecule has 1 aromatic carbocycles. The van der Waals surface area contributed by atoms with Crippen LogP contribution in [0.5, 0.6) is 0 Å². The summed E-state index contributed by atoms with van der Waals surface area (Å²) >= 11 is 0. The van der Waals surface area contributed by atoms with Gasteiger partial charge in [-0.25, -0.2) is 4.98 Å². The lowest BCUT2D eigenvalue weighted by Crippen LogP contribution is -2.35. The number of rotatable bonds is 8. The lowest BCUT2D eigenvalue weighted by molar-refractivity contribution is 0.0951. The topological polar surface area (TPSA) is 101 Å². The summed E-state index contributed by atoms with van der Waals surface area (Å²) in [6.07, 6.45) is 3.03. The van der Waals surface area contributed by atoms with Gasteiger partial charge in [-0.15, -0.1) is 0 Å². The van der Waals surface area contributed by atoms with Crippen molar-refractivity contribution in [2.75, 3.05) is 20.3 Å². The molecule has 4 rings (SSSR count). The molecule has 4 aromatic rings. The van der Waals surface area contributed by atoms with Crippen LogP contribution in [0.15, 0.2) is 59.5 Å². The minimum Gasteiger partial charge on any atom is -0.385 e. The summed E-state index contributed by atoms with van der Waals surface area (Å²) in [6, 6.07) is 15.0. The number of amides is 1. The summed E-state index contributed by atoms with van der Waals surface area (Å²) in [7, 11) is 1.61. The molecule has 1 amide bonds. The summed E-state index contributed by atoms with van der Waals surface area (Å²) < 4.78 is 8.27. The van der Waals surface area contributed by atoms with Crippen LogP contribution in [0.3, 0.4) is 0 Å². The van der Waals surface area contributed by atoms with Gasteiger partial charge in [0.25, 0.3) is 11.5 Å². The first kappa shape index (κ1) is 22.4. The van der Waals surface area contributed by atoms with Crippen LogP contribution in [0, 0.1) is 12.3 Å². The second-order valence-corrected chi connectivity index (χ2v) is 7.98. The van der Waals surface area contributed by atoms with Crippen molar-refractivity contribution in [2.45, 2.75) is 26.3 Å². The predicted molar refractivity (Wildman–Crippen MR) is 127 cm³/mol. The summed E-state index contributed by atoms with van der Waals surface area (Å²) in [4.78, 5) is 31.0. The molecule has 0 aliphatic rings. The van der Waals surface area contributed by atoms with Crippen molar-refractivity contribution < 1.29 is 9.53 Å². The van der Waals surface area contributed by atoms with Gasteiger partial charge in [0, 0.05) is 33.0 Å². The molecule has 0 radical (unpaired) electrons. The maximum absolute atomic E-state index is 13.3. The first-order chi connectivity index (χ1) is 16.0. The van der Waals surface area contributed by atoms with E-state index in [0.717, 1.165) is 11.1 Å². The Morgan fingerprint density at radius 3 is 2.73 bits per heavy atom. The Kier molecular flexibility index (Phi) is 6.65. The highest BCUT2D eigenvalue weighted by atomic mass is 16.5. The Morgan fingerprint density at radius 1 is 1.18 bits per heavy atom. The third-order valence-electron chi connectivity index (χ3n) is 5.57. The minimum absolute atomic E-state index is 0.0270. The Labute approximate surface area is 191 Å².